The van der Waals surface area contributed by atoms with Gasteiger partial charge in [-0.25, -0.2) is 4.39 Å². The number of hydrogen-bond donors (Lipinski definition) is 1. The largest absolute Gasteiger partial charge is 0.352 e. The van der Waals surface area contributed by atoms with Crippen LogP contribution in [-0.4, -0.2) is 28.8 Å². The number of benzene rings is 3. The lowest BCUT2D eigenvalue weighted by Gasteiger charge is -2.33. The summed E-state index contributed by atoms with van der Waals surface area (Å²) in [6.07, 6.45) is 5.74. The minimum absolute atomic E-state index is 0.0723. The van der Waals surface area contributed by atoms with Crippen molar-refractivity contribution < 1.29 is 14.0 Å². The first-order chi connectivity index (χ1) is 17.5. The zero-order valence-corrected chi connectivity index (χ0v) is 21.1. The fraction of sp³-hybridized carbons (Fsp3) is 0.333. The first kappa shape index (κ1) is 25.9. The van der Waals surface area contributed by atoms with Gasteiger partial charge in [0.25, 0.3) is 0 Å². The summed E-state index contributed by atoms with van der Waals surface area (Å²) in [6, 6.07) is 22.4. The van der Waals surface area contributed by atoms with E-state index in [9.17, 15) is 14.0 Å². The van der Waals surface area contributed by atoms with E-state index in [1.807, 2.05) is 48.5 Å². The lowest BCUT2D eigenvalue weighted by atomic mass is 9.94. The van der Waals surface area contributed by atoms with Gasteiger partial charge in [-0.15, -0.1) is 0 Å². The number of hydrogen-bond acceptors (Lipinski definition) is 2. The van der Waals surface area contributed by atoms with Gasteiger partial charge < -0.3 is 10.2 Å². The molecule has 1 unspecified atom stereocenters. The smallest absolute Gasteiger partial charge is 0.243 e. The second-order valence-corrected chi connectivity index (χ2v) is 9.87. The zero-order valence-electron chi connectivity index (χ0n) is 20.3. The van der Waals surface area contributed by atoms with Gasteiger partial charge in [0.2, 0.25) is 11.8 Å². The van der Waals surface area contributed by atoms with Crippen molar-refractivity contribution in [1.82, 2.24) is 10.2 Å². The molecule has 1 atom stereocenters. The molecule has 0 spiro atoms. The molecular weight excluding hydrogens is 475 g/mol. The molecule has 0 saturated heterocycles. The van der Waals surface area contributed by atoms with E-state index in [2.05, 4.69) is 5.32 Å². The van der Waals surface area contributed by atoms with Gasteiger partial charge in [0.05, 0.1) is 6.42 Å². The van der Waals surface area contributed by atoms with E-state index in [-0.39, 0.29) is 36.6 Å². The fourth-order valence-corrected chi connectivity index (χ4v) is 4.99. The van der Waals surface area contributed by atoms with Crippen molar-refractivity contribution in [2.45, 2.75) is 63.6 Å². The summed E-state index contributed by atoms with van der Waals surface area (Å²) in [4.78, 5) is 29.1. The number of rotatable bonds is 9. The minimum atomic E-state index is -0.714. The van der Waals surface area contributed by atoms with Crippen LogP contribution in [0.25, 0.3) is 0 Å². The predicted octanol–water partition coefficient (Wildman–Crippen LogP) is 6.11. The van der Waals surface area contributed by atoms with Gasteiger partial charge in [0, 0.05) is 24.0 Å². The molecule has 1 N–H and O–H groups in total. The van der Waals surface area contributed by atoms with Gasteiger partial charge in [0.15, 0.2) is 0 Å². The van der Waals surface area contributed by atoms with Gasteiger partial charge in [-0.2, -0.15) is 0 Å². The maximum absolute atomic E-state index is 13.8. The molecule has 0 radical (unpaired) electrons. The Morgan fingerprint density at radius 1 is 0.889 bits per heavy atom. The van der Waals surface area contributed by atoms with Crippen molar-refractivity contribution in [1.29, 1.82) is 0 Å². The molecule has 188 valence electrons. The predicted molar refractivity (Wildman–Crippen MR) is 141 cm³/mol. The Morgan fingerprint density at radius 2 is 1.56 bits per heavy atom. The Morgan fingerprint density at radius 3 is 2.25 bits per heavy atom. The highest BCUT2D eigenvalue weighted by Gasteiger charge is 2.32. The molecule has 3 aromatic carbocycles. The molecule has 1 saturated carbocycles. The van der Waals surface area contributed by atoms with Crippen LogP contribution in [-0.2, 0) is 29.0 Å². The Balaban J connectivity index is 1.65. The summed E-state index contributed by atoms with van der Waals surface area (Å²) in [5.41, 5.74) is 2.43. The molecule has 2 amide bonds. The van der Waals surface area contributed by atoms with Crippen LogP contribution in [0.2, 0.25) is 5.02 Å². The van der Waals surface area contributed by atoms with Crippen molar-refractivity contribution in [3.05, 3.63) is 106 Å². The Kier molecular flexibility index (Phi) is 9.12. The van der Waals surface area contributed by atoms with E-state index in [4.69, 9.17) is 11.6 Å². The molecular formula is C30H32ClFN2O2. The molecule has 4 nitrogen and oxygen atoms in total. The summed E-state index contributed by atoms with van der Waals surface area (Å²) >= 11 is 6.36. The monoisotopic (exact) mass is 506 g/mol. The number of nitrogens with zero attached hydrogens (tertiary/aromatic N) is 1. The maximum atomic E-state index is 13.8. The third-order valence-corrected chi connectivity index (χ3v) is 7.16. The second kappa shape index (κ2) is 12.7. The first-order valence-electron chi connectivity index (χ1n) is 12.6. The van der Waals surface area contributed by atoms with Gasteiger partial charge in [-0.3, -0.25) is 9.59 Å². The summed E-state index contributed by atoms with van der Waals surface area (Å²) in [7, 11) is 0. The van der Waals surface area contributed by atoms with Crippen LogP contribution in [0.15, 0.2) is 78.9 Å². The lowest BCUT2D eigenvalue weighted by molar-refractivity contribution is -0.141. The van der Waals surface area contributed by atoms with Crippen LogP contribution >= 0.6 is 11.6 Å². The van der Waals surface area contributed by atoms with Gasteiger partial charge >= 0.3 is 0 Å². The van der Waals surface area contributed by atoms with Gasteiger partial charge in [-0.1, -0.05) is 91.5 Å². The average molecular weight is 507 g/mol. The van der Waals surface area contributed by atoms with Crippen LogP contribution < -0.4 is 5.32 Å². The van der Waals surface area contributed by atoms with E-state index in [0.29, 0.717) is 17.0 Å². The number of halogens is 2. The lowest BCUT2D eigenvalue weighted by Crippen LogP contribution is -2.53. The average Bonchev–Trinajstić information content (AvgIpc) is 2.89. The molecule has 1 aliphatic carbocycles. The Labute approximate surface area is 217 Å². The quantitative estimate of drug-likeness (QED) is 0.380. The topological polar surface area (TPSA) is 49.4 Å². The SMILES string of the molecule is O=C(NC1CCCCC1)C(Cc1ccccc1)N(Cc1ccc(F)cc1)C(=O)Cc1ccccc1Cl. The van der Waals surface area contributed by atoms with Crippen molar-refractivity contribution in [3.8, 4) is 0 Å². The molecule has 6 heteroatoms. The van der Waals surface area contributed by atoms with E-state index >= 15 is 0 Å². The highest BCUT2D eigenvalue weighted by Crippen LogP contribution is 2.22. The number of carbonyl (C=O) groups is 2. The van der Waals surface area contributed by atoms with E-state index < -0.39 is 6.04 Å². The third kappa shape index (κ3) is 7.17. The summed E-state index contributed by atoms with van der Waals surface area (Å²) in [6.45, 7) is 0.194. The first-order valence-corrected chi connectivity index (χ1v) is 13.0. The Hall–Kier alpha value is -3.18. The van der Waals surface area contributed by atoms with Crippen LogP contribution in [0.5, 0.6) is 0 Å². The number of nitrogens with one attached hydrogen (secondary N) is 1. The van der Waals surface area contributed by atoms with Crippen LogP contribution in [0.1, 0.15) is 48.8 Å². The molecule has 3 aromatic rings. The Bertz CT molecular complexity index is 1150. The van der Waals surface area contributed by atoms with Crippen LogP contribution in [0.3, 0.4) is 0 Å². The highest BCUT2D eigenvalue weighted by atomic mass is 35.5. The number of amides is 2. The zero-order chi connectivity index (χ0) is 25.3. The molecule has 36 heavy (non-hydrogen) atoms. The second-order valence-electron chi connectivity index (χ2n) is 9.47. The van der Waals surface area contributed by atoms with Crippen molar-refractivity contribution in [2.75, 3.05) is 0 Å². The van der Waals surface area contributed by atoms with Crippen molar-refractivity contribution in [3.63, 3.8) is 0 Å². The molecule has 0 bridgehead atoms. The summed E-state index contributed by atoms with van der Waals surface area (Å²) in [5, 5.41) is 3.74. The van der Waals surface area contributed by atoms with Crippen LogP contribution in [0, 0.1) is 5.82 Å². The molecule has 4 rings (SSSR count). The highest BCUT2D eigenvalue weighted by molar-refractivity contribution is 6.31. The van der Waals surface area contributed by atoms with E-state index in [0.717, 1.165) is 36.8 Å². The van der Waals surface area contributed by atoms with Crippen LogP contribution in [0.4, 0.5) is 4.39 Å². The fourth-order valence-electron chi connectivity index (χ4n) is 4.79. The maximum Gasteiger partial charge on any atom is 0.243 e. The summed E-state index contributed by atoms with van der Waals surface area (Å²) < 4.78 is 13.6. The van der Waals surface area contributed by atoms with E-state index in [1.165, 1.54) is 18.6 Å². The molecule has 1 fully saturated rings. The van der Waals surface area contributed by atoms with Crippen molar-refractivity contribution in [2.24, 2.45) is 0 Å². The third-order valence-electron chi connectivity index (χ3n) is 6.79. The molecule has 0 heterocycles. The molecule has 0 aromatic heterocycles. The van der Waals surface area contributed by atoms with Crippen molar-refractivity contribution >= 4 is 23.4 Å². The molecule has 0 aliphatic heterocycles. The number of carbonyl (C=O) groups excluding carboxylic acids is 2. The normalized spacial score (nSPS) is 14.7. The summed E-state index contributed by atoms with van der Waals surface area (Å²) in [5.74, 6) is -0.698. The minimum Gasteiger partial charge on any atom is -0.352 e. The van der Waals surface area contributed by atoms with E-state index in [1.54, 1.807) is 23.1 Å². The van der Waals surface area contributed by atoms with Gasteiger partial charge in [0.1, 0.15) is 11.9 Å². The molecule has 1 aliphatic rings. The van der Waals surface area contributed by atoms with Gasteiger partial charge in [-0.05, 0) is 47.7 Å². The standard InChI is InChI=1S/C30H32ClFN2O2/c31-27-14-8-7-11-24(27)20-29(35)34(21-23-15-17-25(32)18-16-23)28(19-22-9-3-1-4-10-22)30(36)33-26-12-5-2-6-13-26/h1,3-4,7-11,14-18,26,28H,2,5-6,12-13,19-21H2,(H,33,36).